The second-order valence-corrected chi connectivity index (χ2v) is 4.45. The summed E-state index contributed by atoms with van der Waals surface area (Å²) in [6, 6.07) is 4.55. The number of rotatable bonds is 3. The molecule has 0 saturated heterocycles. The van der Waals surface area contributed by atoms with Crippen molar-refractivity contribution in [1.29, 1.82) is 0 Å². The number of carboxylic acids is 1. The maximum absolute atomic E-state index is 11.0. The molecule has 0 aliphatic carbocycles. The van der Waals surface area contributed by atoms with Crippen LogP contribution in [0.25, 0.3) is 11.3 Å². The van der Waals surface area contributed by atoms with E-state index in [9.17, 15) is 14.9 Å². The van der Waals surface area contributed by atoms with Gasteiger partial charge in [0, 0.05) is 17.2 Å². The third-order valence-electron chi connectivity index (χ3n) is 2.44. The first-order valence-electron chi connectivity index (χ1n) is 4.93. The van der Waals surface area contributed by atoms with Crippen molar-refractivity contribution in [3.63, 3.8) is 0 Å². The molecule has 1 N–H and O–H groups in total. The highest BCUT2D eigenvalue weighted by atomic mass is 32.1. The first-order chi connectivity index (χ1) is 8.50. The monoisotopic (exact) mass is 264 g/mol. The lowest BCUT2D eigenvalue weighted by Crippen LogP contribution is -1.97. The topological polar surface area (TPSA) is 93.3 Å². The Kier molecular flexibility index (Phi) is 3.07. The minimum absolute atomic E-state index is 0.0446. The van der Waals surface area contributed by atoms with Gasteiger partial charge in [0.15, 0.2) is 0 Å². The Morgan fingerprint density at radius 2 is 2.22 bits per heavy atom. The van der Waals surface area contributed by atoms with Gasteiger partial charge in [0.1, 0.15) is 4.88 Å². The van der Waals surface area contributed by atoms with Gasteiger partial charge in [-0.3, -0.25) is 10.1 Å². The summed E-state index contributed by atoms with van der Waals surface area (Å²) in [7, 11) is 0. The van der Waals surface area contributed by atoms with Crippen LogP contribution in [0.4, 0.5) is 5.69 Å². The molecule has 0 radical (unpaired) electrons. The molecule has 2 rings (SSSR count). The van der Waals surface area contributed by atoms with Gasteiger partial charge >= 0.3 is 5.97 Å². The minimum atomic E-state index is -1.09. The molecule has 7 heteroatoms. The van der Waals surface area contributed by atoms with Crippen LogP contribution >= 0.6 is 11.3 Å². The van der Waals surface area contributed by atoms with E-state index < -0.39 is 10.9 Å². The van der Waals surface area contributed by atoms with E-state index in [1.165, 1.54) is 11.6 Å². The molecule has 0 saturated carbocycles. The normalized spacial score (nSPS) is 10.3. The van der Waals surface area contributed by atoms with Gasteiger partial charge in [-0.2, -0.15) is 0 Å². The smallest absolute Gasteiger partial charge is 0.348 e. The number of benzene rings is 1. The van der Waals surface area contributed by atoms with E-state index in [0.29, 0.717) is 11.1 Å². The number of nitrogens with zero attached hydrogens (tertiary/aromatic N) is 2. The Morgan fingerprint density at radius 1 is 1.50 bits per heavy atom. The molecule has 1 aromatic heterocycles. The van der Waals surface area contributed by atoms with Gasteiger partial charge in [0.2, 0.25) is 0 Å². The van der Waals surface area contributed by atoms with Crippen LogP contribution in [0.1, 0.15) is 15.2 Å². The number of nitro benzene ring substituents is 1. The van der Waals surface area contributed by atoms with E-state index in [1.807, 2.05) is 0 Å². The molecule has 1 heterocycles. The highest BCUT2D eigenvalue weighted by molar-refractivity contribution is 7.12. The molecular weight excluding hydrogens is 256 g/mol. The zero-order valence-electron chi connectivity index (χ0n) is 9.28. The molecule has 0 atom stereocenters. The standard InChI is InChI=1S/C11H8N2O4S/c1-6-2-3-7(4-8(6)13(16)17)9-10(11(14)15)18-5-12-9/h2-5H,1H3,(H,14,15). The molecule has 0 bridgehead atoms. The summed E-state index contributed by atoms with van der Waals surface area (Å²) in [5, 5.41) is 19.8. The number of hydrogen-bond donors (Lipinski definition) is 1. The van der Waals surface area contributed by atoms with Gasteiger partial charge in [-0.15, -0.1) is 11.3 Å². The van der Waals surface area contributed by atoms with Crippen molar-refractivity contribution in [3.05, 3.63) is 44.3 Å². The van der Waals surface area contributed by atoms with Crippen LogP contribution in [0.15, 0.2) is 23.7 Å². The third kappa shape index (κ3) is 2.07. The van der Waals surface area contributed by atoms with Gasteiger partial charge in [-0.05, 0) is 6.92 Å². The number of hydrogen-bond acceptors (Lipinski definition) is 5. The van der Waals surface area contributed by atoms with Crippen molar-refractivity contribution < 1.29 is 14.8 Å². The molecule has 18 heavy (non-hydrogen) atoms. The van der Waals surface area contributed by atoms with Crippen molar-refractivity contribution >= 4 is 23.0 Å². The van der Waals surface area contributed by atoms with Crippen LogP contribution < -0.4 is 0 Å². The van der Waals surface area contributed by atoms with Gasteiger partial charge in [0.25, 0.3) is 5.69 Å². The highest BCUT2D eigenvalue weighted by Crippen LogP contribution is 2.29. The summed E-state index contributed by atoms with van der Waals surface area (Å²) >= 11 is 0.990. The molecule has 6 nitrogen and oxygen atoms in total. The number of aromatic nitrogens is 1. The molecule has 0 unspecified atom stereocenters. The minimum Gasteiger partial charge on any atom is -0.477 e. The number of nitro groups is 1. The van der Waals surface area contributed by atoms with Crippen molar-refractivity contribution in [2.45, 2.75) is 6.92 Å². The summed E-state index contributed by atoms with van der Waals surface area (Å²) in [6.07, 6.45) is 0. The van der Waals surface area contributed by atoms with E-state index in [2.05, 4.69) is 4.98 Å². The summed E-state index contributed by atoms with van der Waals surface area (Å²) in [6.45, 7) is 1.63. The predicted octanol–water partition coefficient (Wildman–Crippen LogP) is 2.72. The number of aryl methyl sites for hydroxylation is 1. The SMILES string of the molecule is Cc1ccc(-c2ncsc2C(=O)O)cc1[N+](=O)[O-]. The number of thiazole rings is 1. The van der Waals surface area contributed by atoms with Gasteiger partial charge < -0.3 is 5.11 Å². The van der Waals surface area contributed by atoms with E-state index in [4.69, 9.17) is 5.11 Å². The lowest BCUT2D eigenvalue weighted by molar-refractivity contribution is -0.385. The molecular formula is C11H8N2O4S. The molecule has 92 valence electrons. The summed E-state index contributed by atoms with van der Waals surface area (Å²) in [5.41, 5.74) is 2.58. The Morgan fingerprint density at radius 3 is 2.83 bits per heavy atom. The maximum atomic E-state index is 11.0. The second kappa shape index (κ2) is 4.53. The molecule has 0 aliphatic heterocycles. The molecule has 0 aliphatic rings. The Labute approximate surface area is 106 Å². The Hall–Kier alpha value is -2.28. The van der Waals surface area contributed by atoms with Gasteiger partial charge in [0.05, 0.1) is 16.1 Å². The van der Waals surface area contributed by atoms with Crippen molar-refractivity contribution in [3.8, 4) is 11.3 Å². The summed E-state index contributed by atoms with van der Waals surface area (Å²) in [5.74, 6) is -1.09. The Balaban J connectivity index is 2.58. The number of aromatic carboxylic acids is 1. The number of carboxylic acid groups (broad SMARTS) is 1. The number of carbonyl (C=O) groups is 1. The highest BCUT2D eigenvalue weighted by Gasteiger charge is 2.18. The zero-order valence-corrected chi connectivity index (χ0v) is 10.1. The first kappa shape index (κ1) is 12.2. The lowest BCUT2D eigenvalue weighted by atomic mass is 10.1. The van der Waals surface area contributed by atoms with Crippen molar-refractivity contribution in [2.75, 3.05) is 0 Å². The lowest BCUT2D eigenvalue weighted by Gasteiger charge is -2.01. The van der Waals surface area contributed by atoms with Crippen LogP contribution in [0.2, 0.25) is 0 Å². The van der Waals surface area contributed by atoms with E-state index in [1.54, 1.807) is 19.1 Å². The van der Waals surface area contributed by atoms with E-state index in [0.717, 1.165) is 11.3 Å². The van der Waals surface area contributed by atoms with Gasteiger partial charge in [-0.1, -0.05) is 12.1 Å². The molecule has 2 aromatic rings. The molecule has 0 fully saturated rings. The summed E-state index contributed by atoms with van der Waals surface area (Å²) < 4.78 is 0. The fourth-order valence-electron chi connectivity index (χ4n) is 1.56. The Bertz CT molecular complexity index is 636. The fourth-order valence-corrected chi connectivity index (χ4v) is 2.20. The van der Waals surface area contributed by atoms with Gasteiger partial charge in [-0.25, -0.2) is 9.78 Å². The average Bonchev–Trinajstić information content (AvgIpc) is 2.78. The summed E-state index contributed by atoms with van der Waals surface area (Å²) in [4.78, 5) is 25.3. The zero-order chi connectivity index (χ0) is 13.3. The molecule has 0 spiro atoms. The largest absolute Gasteiger partial charge is 0.477 e. The fraction of sp³-hybridized carbons (Fsp3) is 0.0909. The van der Waals surface area contributed by atoms with Crippen molar-refractivity contribution in [1.82, 2.24) is 4.98 Å². The second-order valence-electron chi connectivity index (χ2n) is 3.59. The van der Waals surface area contributed by atoms with Crippen LogP contribution in [0.5, 0.6) is 0 Å². The average molecular weight is 264 g/mol. The quantitative estimate of drug-likeness (QED) is 0.679. The molecule has 0 amide bonds. The van der Waals surface area contributed by atoms with E-state index in [-0.39, 0.29) is 16.3 Å². The van der Waals surface area contributed by atoms with Crippen LogP contribution in [0, 0.1) is 17.0 Å². The predicted molar refractivity (Wildman–Crippen MR) is 65.9 cm³/mol. The third-order valence-corrected chi connectivity index (χ3v) is 3.26. The van der Waals surface area contributed by atoms with Crippen LogP contribution in [0.3, 0.4) is 0 Å². The first-order valence-corrected chi connectivity index (χ1v) is 5.81. The van der Waals surface area contributed by atoms with Crippen molar-refractivity contribution in [2.24, 2.45) is 0 Å². The molecule has 1 aromatic carbocycles. The van der Waals surface area contributed by atoms with E-state index >= 15 is 0 Å². The van der Waals surface area contributed by atoms with Crippen LogP contribution in [-0.2, 0) is 0 Å². The maximum Gasteiger partial charge on any atom is 0.348 e. The van der Waals surface area contributed by atoms with Crippen LogP contribution in [-0.4, -0.2) is 21.0 Å².